The van der Waals surface area contributed by atoms with Gasteiger partial charge in [0.15, 0.2) is 0 Å². The molecule has 0 heterocycles. The van der Waals surface area contributed by atoms with Crippen LogP contribution in [0.3, 0.4) is 0 Å². The van der Waals surface area contributed by atoms with Crippen LogP contribution in [0, 0.1) is 0 Å². The Kier molecular flexibility index (Phi) is 6.26. The zero-order valence-corrected chi connectivity index (χ0v) is 13.6. The van der Waals surface area contributed by atoms with Gasteiger partial charge in [-0.1, -0.05) is 41.4 Å². The van der Waals surface area contributed by atoms with Crippen LogP contribution < -0.4 is 16.0 Å². The number of halogens is 2. The Labute approximate surface area is 144 Å². The van der Waals surface area contributed by atoms with Gasteiger partial charge in [-0.25, -0.2) is 4.79 Å². The fourth-order valence-corrected chi connectivity index (χ4v) is 2.26. The molecule has 2 aromatic carbocycles. The molecule has 0 aromatic heterocycles. The summed E-state index contributed by atoms with van der Waals surface area (Å²) in [7, 11) is 0. The first-order chi connectivity index (χ1) is 11.1. The van der Waals surface area contributed by atoms with E-state index >= 15 is 0 Å². The summed E-state index contributed by atoms with van der Waals surface area (Å²) < 4.78 is 0. The summed E-state index contributed by atoms with van der Waals surface area (Å²) in [5.41, 5.74) is 1.03. The normalized spacial score (nSPS) is 10.0. The van der Waals surface area contributed by atoms with Gasteiger partial charge in [0.2, 0.25) is 0 Å². The summed E-state index contributed by atoms with van der Waals surface area (Å²) in [6, 6.07) is 13.2. The smallest absolute Gasteiger partial charge is 0.319 e. The van der Waals surface area contributed by atoms with Crippen molar-refractivity contribution in [1.82, 2.24) is 10.6 Å². The van der Waals surface area contributed by atoms with Crippen molar-refractivity contribution < 1.29 is 9.59 Å². The highest BCUT2D eigenvalue weighted by Gasteiger charge is 2.06. The number of nitrogens with one attached hydrogen (secondary N) is 3. The lowest BCUT2D eigenvalue weighted by atomic mass is 10.2. The quantitative estimate of drug-likeness (QED) is 0.721. The Hall–Kier alpha value is -2.24. The fraction of sp³-hybridized carbons (Fsp3) is 0.125. The first-order valence-electron chi connectivity index (χ1n) is 6.89. The zero-order valence-electron chi connectivity index (χ0n) is 12.1. The minimum atomic E-state index is -0.414. The number of benzene rings is 2. The molecule has 0 fully saturated rings. The molecule has 7 heteroatoms. The SMILES string of the molecule is O=C(NCCNC(=O)c1ccccc1)Nc1ccc(Cl)cc1Cl. The Morgan fingerprint density at radius 3 is 2.30 bits per heavy atom. The average Bonchev–Trinajstić information content (AvgIpc) is 2.55. The van der Waals surface area contributed by atoms with Crippen molar-refractivity contribution in [1.29, 1.82) is 0 Å². The number of carbonyl (C=O) groups is 2. The Morgan fingerprint density at radius 1 is 0.913 bits per heavy atom. The summed E-state index contributed by atoms with van der Waals surface area (Å²) in [5, 5.41) is 8.78. The molecule has 3 amide bonds. The molecule has 120 valence electrons. The maximum atomic E-state index is 11.8. The molecule has 0 radical (unpaired) electrons. The van der Waals surface area contributed by atoms with Crippen molar-refractivity contribution >= 4 is 40.8 Å². The standard InChI is InChI=1S/C16H15Cl2N3O2/c17-12-6-7-14(13(18)10-12)21-16(23)20-9-8-19-15(22)11-4-2-1-3-5-11/h1-7,10H,8-9H2,(H,19,22)(H2,20,21,23). The number of hydrogen-bond donors (Lipinski definition) is 3. The van der Waals surface area contributed by atoms with Crippen LogP contribution in [0.25, 0.3) is 0 Å². The van der Waals surface area contributed by atoms with Gasteiger partial charge in [-0.3, -0.25) is 4.79 Å². The first-order valence-corrected chi connectivity index (χ1v) is 7.65. The van der Waals surface area contributed by atoms with E-state index in [4.69, 9.17) is 23.2 Å². The van der Waals surface area contributed by atoms with E-state index in [2.05, 4.69) is 16.0 Å². The third-order valence-electron chi connectivity index (χ3n) is 2.91. The third kappa shape index (κ3) is 5.47. The van der Waals surface area contributed by atoms with Crippen molar-refractivity contribution in [3.63, 3.8) is 0 Å². The third-order valence-corrected chi connectivity index (χ3v) is 3.46. The van der Waals surface area contributed by atoms with E-state index in [9.17, 15) is 9.59 Å². The number of urea groups is 1. The molecule has 2 aromatic rings. The second-order valence-corrected chi connectivity index (χ2v) is 5.47. The zero-order chi connectivity index (χ0) is 16.7. The van der Waals surface area contributed by atoms with Crippen LogP contribution in [0.5, 0.6) is 0 Å². The minimum absolute atomic E-state index is 0.187. The highest BCUT2D eigenvalue weighted by Crippen LogP contribution is 2.25. The van der Waals surface area contributed by atoms with Crippen LogP contribution in [0.1, 0.15) is 10.4 Å². The Bertz CT molecular complexity index is 693. The molecule has 0 spiro atoms. The molecule has 2 rings (SSSR count). The van der Waals surface area contributed by atoms with Gasteiger partial charge in [0.1, 0.15) is 0 Å². The second-order valence-electron chi connectivity index (χ2n) is 4.63. The maximum absolute atomic E-state index is 11.8. The molecular formula is C16H15Cl2N3O2. The lowest BCUT2D eigenvalue weighted by Crippen LogP contribution is -2.36. The van der Waals surface area contributed by atoms with Gasteiger partial charge in [-0.2, -0.15) is 0 Å². The Balaban J connectivity index is 1.72. The van der Waals surface area contributed by atoms with Gasteiger partial charge < -0.3 is 16.0 Å². The van der Waals surface area contributed by atoms with Gasteiger partial charge in [0, 0.05) is 23.7 Å². The molecule has 0 bridgehead atoms. The van der Waals surface area contributed by atoms with Gasteiger partial charge in [-0.15, -0.1) is 0 Å². The molecule has 23 heavy (non-hydrogen) atoms. The number of hydrogen-bond acceptors (Lipinski definition) is 2. The van der Waals surface area contributed by atoms with Crippen molar-refractivity contribution in [2.75, 3.05) is 18.4 Å². The van der Waals surface area contributed by atoms with Crippen LogP contribution >= 0.6 is 23.2 Å². The summed E-state index contributed by atoms with van der Waals surface area (Å²) in [6.07, 6.45) is 0. The molecule has 0 atom stereocenters. The van der Waals surface area contributed by atoms with E-state index in [1.165, 1.54) is 0 Å². The summed E-state index contributed by atoms with van der Waals surface area (Å²) in [4.78, 5) is 23.5. The van der Waals surface area contributed by atoms with E-state index in [-0.39, 0.29) is 12.5 Å². The monoisotopic (exact) mass is 351 g/mol. The largest absolute Gasteiger partial charge is 0.350 e. The predicted molar refractivity (Wildman–Crippen MR) is 92.3 cm³/mol. The number of amides is 3. The lowest BCUT2D eigenvalue weighted by Gasteiger charge is -2.10. The molecule has 0 unspecified atom stereocenters. The first kappa shape index (κ1) is 17.1. The van der Waals surface area contributed by atoms with Gasteiger partial charge in [0.05, 0.1) is 10.7 Å². The minimum Gasteiger partial charge on any atom is -0.350 e. The summed E-state index contributed by atoms with van der Waals surface area (Å²) in [6.45, 7) is 0.602. The number of carbonyl (C=O) groups excluding carboxylic acids is 2. The molecule has 0 saturated carbocycles. The van der Waals surface area contributed by atoms with Crippen LogP contribution in [-0.2, 0) is 0 Å². The predicted octanol–water partition coefficient (Wildman–Crippen LogP) is 3.54. The number of rotatable bonds is 5. The highest BCUT2D eigenvalue weighted by molar-refractivity contribution is 6.36. The van der Waals surface area contributed by atoms with Gasteiger partial charge in [0.25, 0.3) is 5.91 Å². The molecule has 0 aliphatic heterocycles. The molecule has 0 saturated heterocycles. The highest BCUT2D eigenvalue weighted by atomic mass is 35.5. The molecule has 5 nitrogen and oxygen atoms in total. The van der Waals surface area contributed by atoms with Gasteiger partial charge >= 0.3 is 6.03 Å². The maximum Gasteiger partial charge on any atom is 0.319 e. The fourth-order valence-electron chi connectivity index (χ4n) is 1.80. The van der Waals surface area contributed by atoms with E-state index in [0.29, 0.717) is 27.8 Å². The van der Waals surface area contributed by atoms with Gasteiger partial charge in [-0.05, 0) is 30.3 Å². The summed E-state index contributed by atoms with van der Waals surface area (Å²) >= 11 is 11.7. The van der Waals surface area contributed by atoms with Crippen molar-refractivity contribution in [3.8, 4) is 0 Å². The van der Waals surface area contributed by atoms with E-state index in [1.807, 2.05) is 6.07 Å². The Morgan fingerprint density at radius 2 is 1.61 bits per heavy atom. The van der Waals surface area contributed by atoms with E-state index < -0.39 is 6.03 Å². The average molecular weight is 352 g/mol. The van der Waals surface area contributed by atoms with Crippen molar-refractivity contribution in [2.24, 2.45) is 0 Å². The van der Waals surface area contributed by atoms with Crippen LogP contribution in [0.15, 0.2) is 48.5 Å². The lowest BCUT2D eigenvalue weighted by molar-refractivity contribution is 0.0954. The van der Waals surface area contributed by atoms with E-state index in [1.54, 1.807) is 42.5 Å². The van der Waals surface area contributed by atoms with Crippen molar-refractivity contribution in [2.45, 2.75) is 0 Å². The van der Waals surface area contributed by atoms with Crippen LogP contribution in [0.2, 0.25) is 10.0 Å². The number of anilines is 1. The summed E-state index contributed by atoms with van der Waals surface area (Å²) in [5.74, 6) is -0.187. The molecule has 3 N–H and O–H groups in total. The topological polar surface area (TPSA) is 70.2 Å². The molecule has 0 aliphatic carbocycles. The van der Waals surface area contributed by atoms with Crippen molar-refractivity contribution in [3.05, 3.63) is 64.1 Å². The van der Waals surface area contributed by atoms with Crippen LogP contribution in [0.4, 0.5) is 10.5 Å². The van der Waals surface area contributed by atoms with E-state index in [0.717, 1.165) is 0 Å². The second kappa shape index (κ2) is 8.41. The molecular weight excluding hydrogens is 337 g/mol. The molecule has 0 aliphatic rings. The van der Waals surface area contributed by atoms with Crippen LogP contribution in [-0.4, -0.2) is 25.0 Å².